The quantitative estimate of drug-likeness (QED) is 0.772. The molecule has 7 nitrogen and oxygen atoms in total. The largest absolute Gasteiger partial charge is 0.485 e. The number of amides is 1. The topological polar surface area (TPSA) is 86.5 Å². The van der Waals surface area contributed by atoms with E-state index in [9.17, 15) is 4.79 Å². The highest BCUT2D eigenvalue weighted by Crippen LogP contribution is 2.35. The molecule has 1 aromatic heterocycles. The summed E-state index contributed by atoms with van der Waals surface area (Å²) in [6.45, 7) is 0.237. The summed E-state index contributed by atoms with van der Waals surface area (Å²) >= 11 is 5.88. The third-order valence-electron chi connectivity index (χ3n) is 3.53. The Morgan fingerprint density at radius 1 is 1.12 bits per heavy atom. The second kappa shape index (κ2) is 6.45. The first kappa shape index (κ1) is 15.5. The predicted octanol–water partition coefficient (Wildman–Crippen LogP) is 3.49. The highest BCUT2D eigenvalue weighted by molar-refractivity contribution is 6.31. The number of hydrogen-bond acceptors (Lipinski definition) is 6. The molecule has 2 heterocycles. The summed E-state index contributed by atoms with van der Waals surface area (Å²) in [5.74, 6) is 1.08. The maximum atomic E-state index is 12.2. The lowest BCUT2D eigenvalue weighted by atomic mass is 10.2. The number of carbonyl (C=O) groups excluding carboxylic acids is 1. The van der Waals surface area contributed by atoms with Crippen LogP contribution in [0.5, 0.6) is 11.5 Å². The standard InChI is InChI=1S/C17H12ClN3O4/c18-11-5-3-4-10(8-11)15(22)19-17-21-20-16(25-17)14-9-23-12-6-1-2-7-13(12)24-14/h1-8,14H,9H2,(H,19,21,22)/t14-/m0/s1. The normalized spacial score (nSPS) is 15.6. The van der Waals surface area contributed by atoms with Gasteiger partial charge in [-0.3, -0.25) is 10.1 Å². The number of rotatable bonds is 3. The molecule has 4 rings (SSSR count). The molecule has 0 fully saturated rings. The smallest absolute Gasteiger partial charge is 0.322 e. The molecule has 8 heteroatoms. The Labute approximate surface area is 147 Å². The zero-order valence-electron chi connectivity index (χ0n) is 12.8. The van der Waals surface area contributed by atoms with Crippen molar-refractivity contribution in [2.75, 3.05) is 11.9 Å². The van der Waals surface area contributed by atoms with E-state index in [0.29, 0.717) is 22.1 Å². The summed E-state index contributed by atoms with van der Waals surface area (Å²) in [4.78, 5) is 12.2. The fourth-order valence-electron chi connectivity index (χ4n) is 2.36. The fourth-order valence-corrected chi connectivity index (χ4v) is 2.55. The van der Waals surface area contributed by atoms with E-state index in [1.54, 1.807) is 30.3 Å². The molecule has 0 saturated carbocycles. The van der Waals surface area contributed by atoms with Gasteiger partial charge in [-0.1, -0.05) is 34.9 Å². The Balaban J connectivity index is 1.47. The van der Waals surface area contributed by atoms with E-state index in [1.165, 1.54) is 0 Å². The summed E-state index contributed by atoms with van der Waals surface area (Å²) < 4.78 is 16.9. The van der Waals surface area contributed by atoms with Crippen molar-refractivity contribution in [1.29, 1.82) is 0 Å². The maximum Gasteiger partial charge on any atom is 0.322 e. The van der Waals surface area contributed by atoms with Gasteiger partial charge in [0, 0.05) is 10.6 Å². The zero-order chi connectivity index (χ0) is 17.2. The van der Waals surface area contributed by atoms with Crippen molar-refractivity contribution in [3.8, 4) is 11.5 Å². The Morgan fingerprint density at radius 3 is 2.80 bits per heavy atom. The minimum Gasteiger partial charge on any atom is -0.485 e. The molecule has 1 amide bonds. The number of ether oxygens (including phenoxy) is 2. The van der Waals surface area contributed by atoms with Gasteiger partial charge in [-0.2, -0.15) is 0 Å². The van der Waals surface area contributed by atoms with Gasteiger partial charge in [-0.15, -0.1) is 5.10 Å². The number of nitrogens with zero attached hydrogens (tertiary/aromatic N) is 2. The average molecular weight is 358 g/mol. The van der Waals surface area contributed by atoms with Crippen LogP contribution in [-0.2, 0) is 0 Å². The van der Waals surface area contributed by atoms with Crippen LogP contribution in [0, 0.1) is 0 Å². The fraction of sp³-hybridized carbons (Fsp3) is 0.118. The number of anilines is 1. The highest BCUT2D eigenvalue weighted by Gasteiger charge is 2.27. The molecule has 0 aliphatic carbocycles. The molecule has 1 aliphatic heterocycles. The first-order valence-electron chi connectivity index (χ1n) is 7.48. The van der Waals surface area contributed by atoms with Crippen LogP contribution in [0.4, 0.5) is 6.01 Å². The molecule has 3 aromatic rings. The van der Waals surface area contributed by atoms with E-state index in [4.69, 9.17) is 25.5 Å². The van der Waals surface area contributed by atoms with Gasteiger partial charge in [0.15, 0.2) is 11.5 Å². The molecule has 2 aromatic carbocycles. The number of fused-ring (bicyclic) bond motifs is 1. The van der Waals surface area contributed by atoms with Crippen molar-refractivity contribution in [2.45, 2.75) is 6.10 Å². The molecule has 1 atom stereocenters. The Bertz CT molecular complexity index is 928. The van der Waals surface area contributed by atoms with Crippen molar-refractivity contribution in [1.82, 2.24) is 10.2 Å². The van der Waals surface area contributed by atoms with Crippen molar-refractivity contribution < 1.29 is 18.7 Å². The number of halogens is 1. The van der Waals surface area contributed by atoms with Crippen LogP contribution in [0.3, 0.4) is 0 Å². The number of para-hydroxylation sites is 2. The second-order valence-electron chi connectivity index (χ2n) is 5.27. The van der Waals surface area contributed by atoms with Gasteiger partial charge < -0.3 is 13.9 Å². The van der Waals surface area contributed by atoms with Crippen LogP contribution in [0.2, 0.25) is 5.02 Å². The molecule has 25 heavy (non-hydrogen) atoms. The molecule has 0 saturated heterocycles. The van der Waals surface area contributed by atoms with E-state index in [0.717, 1.165) is 0 Å². The van der Waals surface area contributed by atoms with Crippen LogP contribution >= 0.6 is 11.6 Å². The van der Waals surface area contributed by atoms with E-state index in [1.807, 2.05) is 18.2 Å². The van der Waals surface area contributed by atoms with Gasteiger partial charge in [0.25, 0.3) is 11.8 Å². The van der Waals surface area contributed by atoms with Crippen molar-refractivity contribution in [2.24, 2.45) is 0 Å². The molecule has 1 aliphatic rings. The zero-order valence-corrected chi connectivity index (χ0v) is 13.6. The van der Waals surface area contributed by atoms with Gasteiger partial charge >= 0.3 is 6.01 Å². The molecular weight excluding hydrogens is 346 g/mol. The van der Waals surface area contributed by atoms with Crippen LogP contribution in [0.25, 0.3) is 0 Å². The third-order valence-corrected chi connectivity index (χ3v) is 3.77. The van der Waals surface area contributed by atoms with Crippen molar-refractivity contribution in [3.63, 3.8) is 0 Å². The molecular formula is C17H12ClN3O4. The third kappa shape index (κ3) is 3.27. The molecule has 126 valence electrons. The minimum atomic E-state index is -0.542. The molecule has 0 spiro atoms. The molecule has 0 radical (unpaired) electrons. The second-order valence-corrected chi connectivity index (χ2v) is 5.71. The van der Waals surface area contributed by atoms with Gasteiger partial charge in [-0.25, -0.2) is 0 Å². The van der Waals surface area contributed by atoms with E-state index in [2.05, 4.69) is 15.5 Å². The Kier molecular flexibility index (Phi) is 3.99. The van der Waals surface area contributed by atoms with Gasteiger partial charge in [0.1, 0.15) is 6.61 Å². The Hall–Kier alpha value is -3.06. The van der Waals surface area contributed by atoms with Crippen molar-refractivity contribution in [3.05, 3.63) is 65.0 Å². The lowest BCUT2D eigenvalue weighted by Crippen LogP contribution is -2.21. The monoisotopic (exact) mass is 357 g/mol. The van der Waals surface area contributed by atoms with Crippen LogP contribution in [0.15, 0.2) is 52.9 Å². The van der Waals surface area contributed by atoms with Gasteiger partial charge in [-0.05, 0) is 30.3 Å². The number of benzene rings is 2. The molecule has 1 N–H and O–H groups in total. The van der Waals surface area contributed by atoms with Gasteiger partial charge in [0.05, 0.1) is 0 Å². The maximum absolute atomic E-state index is 12.2. The number of hydrogen-bond donors (Lipinski definition) is 1. The van der Waals surface area contributed by atoms with Crippen molar-refractivity contribution >= 4 is 23.5 Å². The number of aromatic nitrogens is 2. The summed E-state index contributed by atoms with van der Waals surface area (Å²) in [6.07, 6.45) is -0.542. The predicted molar refractivity (Wildman–Crippen MR) is 89.0 cm³/mol. The minimum absolute atomic E-state index is 0.0255. The lowest BCUT2D eigenvalue weighted by Gasteiger charge is -2.23. The molecule has 0 unspecified atom stereocenters. The number of carbonyl (C=O) groups is 1. The number of nitrogens with one attached hydrogen (secondary N) is 1. The first-order chi connectivity index (χ1) is 12.2. The summed E-state index contributed by atoms with van der Waals surface area (Å²) in [5, 5.41) is 10.7. The lowest BCUT2D eigenvalue weighted by molar-refractivity contribution is 0.0716. The Morgan fingerprint density at radius 2 is 1.96 bits per heavy atom. The van der Waals surface area contributed by atoms with E-state index < -0.39 is 12.0 Å². The summed E-state index contributed by atoms with van der Waals surface area (Å²) in [5.41, 5.74) is 0.387. The SMILES string of the molecule is O=C(Nc1nnc([C@@H]2COc3ccccc3O2)o1)c1cccc(Cl)c1. The van der Waals surface area contributed by atoms with E-state index in [-0.39, 0.29) is 18.5 Å². The molecule has 0 bridgehead atoms. The highest BCUT2D eigenvalue weighted by atomic mass is 35.5. The van der Waals surface area contributed by atoms with E-state index >= 15 is 0 Å². The average Bonchev–Trinajstić information content (AvgIpc) is 3.10. The van der Waals surface area contributed by atoms with Crippen LogP contribution in [-0.4, -0.2) is 22.7 Å². The first-order valence-corrected chi connectivity index (χ1v) is 7.85. The van der Waals surface area contributed by atoms with Crippen LogP contribution < -0.4 is 14.8 Å². The summed E-state index contributed by atoms with van der Waals surface area (Å²) in [7, 11) is 0. The van der Waals surface area contributed by atoms with Gasteiger partial charge in [0.2, 0.25) is 6.10 Å². The van der Waals surface area contributed by atoms with Crippen LogP contribution in [0.1, 0.15) is 22.4 Å². The summed E-state index contributed by atoms with van der Waals surface area (Å²) in [6, 6.07) is 13.8.